The largest absolute Gasteiger partial charge is 0.497 e. The van der Waals surface area contributed by atoms with Crippen LogP contribution in [0.3, 0.4) is 0 Å². The number of nitrogens with zero attached hydrogens (tertiary/aromatic N) is 1. The number of carbonyl (C=O) groups excluding carboxylic acids is 4. The van der Waals surface area contributed by atoms with Gasteiger partial charge in [-0.15, -0.1) is 0 Å². The van der Waals surface area contributed by atoms with Crippen molar-refractivity contribution in [3.8, 4) is 5.75 Å². The number of hydrogen-bond donors (Lipinski definition) is 2. The number of rotatable bonds is 6. The molecule has 168 valence electrons. The summed E-state index contributed by atoms with van der Waals surface area (Å²) in [4.78, 5) is 50.6. The van der Waals surface area contributed by atoms with Crippen LogP contribution in [-0.4, -0.2) is 54.5 Å². The van der Waals surface area contributed by atoms with Crippen LogP contribution in [0.5, 0.6) is 5.75 Å². The molecule has 0 aromatic heterocycles. The summed E-state index contributed by atoms with van der Waals surface area (Å²) in [5.41, 5.74) is -0.595. The Balaban J connectivity index is 1.55. The SMILES string of the molecule is COc1cccc(NC(=O)COC(=O)CN2C(=O)N[C@]3(C[C@@H](C)CC(C)(C)C3)C2=O)c1. The summed E-state index contributed by atoms with van der Waals surface area (Å²) >= 11 is 0. The Hall–Kier alpha value is -3.10. The molecule has 0 radical (unpaired) electrons. The van der Waals surface area contributed by atoms with Crippen molar-refractivity contribution >= 4 is 29.5 Å². The molecule has 1 aliphatic carbocycles. The minimum absolute atomic E-state index is 0.102. The number of anilines is 1. The molecule has 4 amide bonds. The highest BCUT2D eigenvalue weighted by Crippen LogP contribution is 2.46. The van der Waals surface area contributed by atoms with Gasteiger partial charge in [0.05, 0.1) is 7.11 Å². The van der Waals surface area contributed by atoms with Crippen LogP contribution < -0.4 is 15.4 Å². The summed E-state index contributed by atoms with van der Waals surface area (Å²) < 4.78 is 10.1. The Morgan fingerprint density at radius 2 is 2.00 bits per heavy atom. The van der Waals surface area contributed by atoms with E-state index < -0.39 is 42.5 Å². The molecule has 0 unspecified atom stereocenters. The van der Waals surface area contributed by atoms with Crippen LogP contribution in [0.15, 0.2) is 24.3 Å². The Morgan fingerprint density at radius 1 is 1.26 bits per heavy atom. The molecule has 2 fully saturated rings. The van der Waals surface area contributed by atoms with Crippen LogP contribution in [0.2, 0.25) is 0 Å². The van der Waals surface area contributed by atoms with Crippen molar-refractivity contribution in [1.82, 2.24) is 10.2 Å². The summed E-state index contributed by atoms with van der Waals surface area (Å²) in [6, 6.07) is 6.13. The van der Waals surface area contributed by atoms with Crippen molar-refractivity contribution in [3.63, 3.8) is 0 Å². The van der Waals surface area contributed by atoms with E-state index >= 15 is 0 Å². The Morgan fingerprint density at radius 3 is 2.68 bits per heavy atom. The van der Waals surface area contributed by atoms with E-state index in [-0.39, 0.29) is 11.3 Å². The molecule has 2 N–H and O–H groups in total. The lowest BCUT2D eigenvalue weighted by atomic mass is 9.64. The number of hydrogen-bond acceptors (Lipinski definition) is 6. The zero-order valence-corrected chi connectivity index (χ0v) is 18.3. The van der Waals surface area contributed by atoms with Crippen LogP contribution in [-0.2, 0) is 19.1 Å². The molecule has 1 aromatic carbocycles. The second-order valence-corrected chi connectivity index (χ2v) is 9.20. The third-order valence-electron chi connectivity index (χ3n) is 5.63. The first-order chi connectivity index (χ1) is 14.5. The maximum absolute atomic E-state index is 13.0. The molecular weight excluding hydrogens is 402 g/mol. The van der Waals surface area contributed by atoms with Gasteiger partial charge >= 0.3 is 12.0 Å². The first-order valence-corrected chi connectivity index (χ1v) is 10.3. The average molecular weight is 431 g/mol. The van der Waals surface area contributed by atoms with Crippen LogP contribution in [0, 0.1) is 11.3 Å². The van der Waals surface area contributed by atoms with E-state index in [9.17, 15) is 19.2 Å². The summed E-state index contributed by atoms with van der Waals surface area (Å²) in [6.07, 6.45) is 2.02. The average Bonchev–Trinajstić information content (AvgIpc) is 2.88. The molecular formula is C22H29N3O6. The molecule has 9 heteroatoms. The molecule has 2 aliphatic rings. The molecule has 0 bridgehead atoms. The molecule has 1 spiro atoms. The second kappa shape index (κ2) is 8.56. The van der Waals surface area contributed by atoms with E-state index in [4.69, 9.17) is 9.47 Å². The van der Waals surface area contributed by atoms with Gasteiger partial charge in [-0.05, 0) is 42.7 Å². The number of nitrogens with one attached hydrogen (secondary N) is 2. The Labute approximate surface area is 181 Å². The lowest BCUT2D eigenvalue weighted by Crippen LogP contribution is -2.54. The minimum Gasteiger partial charge on any atom is -0.497 e. The molecule has 9 nitrogen and oxygen atoms in total. The predicted octanol–water partition coefficient (Wildman–Crippen LogP) is 2.31. The molecule has 1 aromatic rings. The van der Waals surface area contributed by atoms with E-state index in [1.54, 1.807) is 24.3 Å². The van der Waals surface area contributed by atoms with Crippen molar-refractivity contribution in [2.24, 2.45) is 11.3 Å². The van der Waals surface area contributed by atoms with Crippen LogP contribution in [0.4, 0.5) is 10.5 Å². The number of amides is 4. The molecule has 1 heterocycles. The monoisotopic (exact) mass is 431 g/mol. The topological polar surface area (TPSA) is 114 Å². The minimum atomic E-state index is -0.984. The fourth-order valence-electron chi connectivity index (χ4n) is 4.87. The summed E-state index contributed by atoms with van der Waals surface area (Å²) in [5, 5.41) is 5.39. The van der Waals surface area contributed by atoms with E-state index in [0.717, 1.165) is 11.3 Å². The van der Waals surface area contributed by atoms with E-state index in [2.05, 4.69) is 31.4 Å². The van der Waals surface area contributed by atoms with Crippen molar-refractivity contribution in [2.75, 3.05) is 25.6 Å². The summed E-state index contributed by atoms with van der Waals surface area (Å²) in [5.74, 6) is -0.944. The molecule has 31 heavy (non-hydrogen) atoms. The van der Waals surface area contributed by atoms with Crippen molar-refractivity contribution in [3.05, 3.63) is 24.3 Å². The molecule has 3 rings (SSSR count). The van der Waals surface area contributed by atoms with Gasteiger partial charge in [-0.1, -0.05) is 26.8 Å². The Kier molecular flexibility index (Phi) is 6.24. The van der Waals surface area contributed by atoms with Gasteiger partial charge in [-0.2, -0.15) is 0 Å². The fraction of sp³-hybridized carbons (Fsp3) is 0.545. The van der Waals surface area contributed by atoms with Gasteiger partial charge in [0.15, 0.2) is 6.61 Å². The van der Waals surface area contributed by atoms with Crippen molar-refractivity contribution in [2.45, 2.75) is 45.6 Å². The van der Waals surface area contributed by atoms with Gasteiger partial charge in [0.1, 0.15) is 17.8 Å². The highest BCUT2D eigenvalue weighted by molar-refractivity contribution is 6.09. The molecule has 1 aliphatic heterocycles. The zero-order valence-electron chi connectivity index (χ0n) is 18.3. The summed E-state index contributed by atoms with van der Waals surface area (Å²) in [7, 11) is 1.51. The number of methoxy groups -OCH3 is 1. The Bertz CT molecular complexity index is 899. The highest BCUT2D eigenvalue weighted by Gasteiger charge is 2.56. The van der Waals surface area contributed by atoms with Crippen LogP contribution in [0.1, 0.15) is 40.0 Å². The maximum Gasteiger partial charge on any atom is 0.326 e. The van der Waals surface area contributed by atoms with Crippen molar-refractivity contribution < 1.29 is 28.7 Å². The smallest absolute Gasteiger partial charge is 0.326 e. The predicted molar refractivity (Wildman–Crippen MR) is 112 cm³/mol. The van der Waals surface area contributed by atoms with Crippen molar-refractivity contribution in [1.29, 1.82) is 0 Å². The third-order valence-corrected chi connectivity index (χ3v) is 5.63. The van der Waals surface area contributed by atoms with Crippen LogP contribution in [0.25, 0.3) is 0 Å². The first-order valence-electron chi connectivity index (χ1n) is 10.3. The van der Waals surface area contributed by atoms with Gasteiger partial charge in [-0.3, -0.25) is 19.3 Å². The number of carbonyl (C=O) groups is 4. The van der Waals surface area contributed by atoms with Gasteiger partial charge in [0.25, 0.3) is 11.8 Å². The second-order valence-electron chi connectivity index (χ2n) is 9.20. The number of imide groups is 1. The fourth-order valence-corrected chi connectivity index (χ4v) is 4.87. The number of ether oxygens (including phenoxy) is 2. The number of urea groups is 1. The van der Waals surface area contributed by atoms with Gasteiger partial charge in [0, 0.05) is 11.8 Å². The van der Waals surface area contributed by atoms with E-state index in [1.807, 2.05) is 0 Å². The number of esters is 1. The quantitative estimate of drug-likeness (QED) is 0.528. The van der Waals surface area contributed by atoms with Gasteiger partial charge in [0.2, 0.25) is 0 Å². The normalized spacial score (nSPS) is 24.6. The molecule has 1 saturated carbocycles. The zero-order chi connectivity index (χ0) is 22.8. The lowest BCUT2D eigenvalue weighted by Gasteiger charge is -2.43. The standard InChI is InChI=1S/C22H29N3O6/c1-14-9-21(2,3)13-22(10-14)19(28)25(20(29)24-22)11-18(27)31-12-17(26)23-15-6-5-7-16(8-15)30-4/h5-8,14H,9-13H2,1-4H3,(H,23,26)(H,24,29)/t14-,22-/m0/s1. The van der Waals surface area contributed by atoms with Gasteiger partial charge in [-0.25, -0.2) is 4.79 Å². The van der Waals surface area contributed by atoms with E-state index in [1.165, 1.54) is 7.11 Å². The first kappa shape index (κ1) is 22.6. The molecule has 1 saturated heterocycles. The summed E-state index contributed by atoms with van der Waals surface area (Å²) in [6.45, 7) is 5.13. The van der Waals surface area contributed by atoms with Crippen LogP contribution >= 0.6 is 0 Å². The number of benzene rings is 1. The van der Waals surface area contributed by atoms with Gasteiger partial charge < -0.3 is 20.1 Å². The van der Waals surface area contributed by atoms with E-state index in [0.29, 0.717) is 24.3 Å². The highest BCUT2D eigenvalue weighted by atomic mass is 16.5. The maximum atomic E-state index is 13.0. The lowest BCUT2D eigenvalue weighted by molar-refractivity contribution is -0.150. The third kappa shape index (κ3) is 5.15. The molecule has 2 atom stereocenters.